The summed E-state index contributed by atoms with van der Waals surface area (Å²) in [5, 5.41) is 4.17. The number of aromatic nitrogens is 3. The van der Waals surface area contributed by atoms with Crippen LogP contribution in [0, 0.1) is 6.92 Å². The van der Waals surface area contributed by atoms with E-state index in [0.29, 0.717) is 10.7 Å². The van der Waals surface area contributed by atoms with E-state index in [1.54, 1.807) is 17.6 Å². The Kier molecular flexibility index (Phi) is 5.37. The standard InChI is InChI=1S/C19H19N3O3S/c1-4-25-19(24)17(13(3)23)26-16-10-12(2)21-18-15(11-20-22(16)18)14-8-6-5-7-9-14/h5-11,17H,4H2,1-3H3/t17-/m1/s1. The first-order valence-corrected chi connectivity index (χ1v) is 9.13. The van der Waals surface area contributed by atoms with Gasteiger partial charge in [-0.1, -0.05) is 42.1 Å². The van der Waals surface area contributed by atoms with E-state index in [0.717, 1.165) is 28.6 Å². The summed E-state index contributed by atoms with van der Waals surface area (Å²) in [7, 11) is 0. The van der Waals surface area contributed by atoms with Gasteiger partial charge in [-0.15, -0.1) is 0 Å². The van der Waals surface area contributed by atoms with Crippen molar-refractivity contribution >= 4 is 29.2 Å². The maximum atomic E-state index is 12.1. The second-order valence-electron chi connectivity index (χ2n) is 5.76. The van der Waals surface area contributed by atoms with E-state index in [1.165, 1.54) is 6.92 Å². The second kappa shape index (κ2) is 7.70. The predicted octanol–water partition coefficient (Wildman–Crippen LogP) is 3.32. The van der Waals surface area contributed by atoms with Crippen molar-refractivity contribution in [2.24, 2.45) is 0 Å². The Morgan fingerprint density at radius 3 is 2.65 bits per heavy atom. The van der Waals surface area contributed by atoms with Crippen molar-refractivity contribution in [2.45, 2.75) is 31.0 Å². The second-order valence-corrected chi connectivity index (χ2v) is 6.88. The van der Waals surface area contributed by atoms with Gasteiger partial charge in [0.05, 0.1) is 12.8 Å². The summed E-state index contributed by atoms with van der Waals surface area (Å²) < 4.78 is 6.69. The number of benzene rings is 1. The summed E-state index contributed by atoms with van der Waals surface area (Å²) in [5.41, 5.74) is 3.37. The van der Waals surface area contributed by atoms with Crippen molar-refractivity contribution in [1.29, 1.82) is 0 Å². The highest BCUT2D eigenvalue weighted by Gasteiger charge is 2.27. The molecule has 0 fully saturated rings. The third kappa shape index (κ3) is 3.62. The lowest BCUT2D eigenvalue weighted by molar-refractivity contribution is -0.144. The number of ether oxygens (including phenoxy) is 1. The number of aryl methyl sites for hydroxylation is 1. The summed E-state index contributed by atoms with van der Waals surface area (Å²) in [6.07, 6.45) is 1.74. The van der Waals surface area contributed by atoms with Crippen LogP contribution in [-0.2, 0) is 14.3 Å². The van der Waals surface area contributed by atoms with Crippen LogP contribution in [0.2, 0.25) is 0 Å². The summed E-state index contributed by atoms with van der Waals surface area (Å²) in [6, 6.07) is 11.7. The highest BCUT2D eigenvalue weighted by molar-refractivity contribution is 8.01. The van der Waals surface area contributed by atoms with Gasteiger partial charge in [-0.25, -0.2) is 9.50 Å². The molecule has 0 N–H and O–H groups in total. The topological polar surface area (TPSA) is 73.6 Å². The SMILES string of the molecule is CCOC(=O)[C@H](Sc1cc(C)nc2c(-c3ccccc3)cnn12)C(C)=O. The zero-order valence-electron chi connectivity index (χ0n) is 14.8. The molecule has 6 nitrogen and oxygen atoms in total. The number of rotatable bonds is 6. The molecular weight excluding hydrogens is 350 g/mol. The zero-order chi connectivity index (χ0) is 18.7. The van der Waals surface area contributed by atoms with E-state index in [4.69, 9.17) is 4.74 Å². The Bertz CT molecular complexity index is 953. The van der Waals surface area contributed by atoms with Crippen molar-refractivity contribution in [3.63, 3.8) is 0 Å². The number of ketones is 1. The Balaban J connectivity index is 2.05. The van der Waals surface area contributed by atoms with E-state index in [2.05, 4.69) is 10.1 Å². The lowest BCUT2D eigenvalue weighted by Crippen LogP contribution is -2.27. The first-order valence-electron chi connectivity index (χ1n) is 8.25. The van der Waals surface area contributed by atoms with Crippen LogP contribution in [-0.4, -0.2) is 38.2 Å². The third-order valence-electron chi connectivity index (χ3n) is 3.76. The molecule has 2 heterocycles. The molecule has 0 radical (unpaired) electrons. The summed E-state index contributed by atoms with van der Waals surface area (Å²) in [6.45, 7) is 5.21. The maximum absolute atomic E-state index is 12.1. The van der Waals surface area contributed by atoms with Crippen molar-refractivity contribution in [1.82, 2.24) is 14.6 Å². The minimum atomic E-state index is -0.927. The van der Waals surface area contributed by atoms with Crippen molar-refractivity contribution in [3.05, 3.63) is 48.3 Å². The third-order valence-corrected chi connectivity index (χ3v) is 5.05. The van der Waals surface area contributed by atoms with E-state index < -0.39 is 11.2 Å². The molecule has 2 aromatic heterocycles. The smallest absolute Gasteiger partial charge is 0.327 e. The lowest BCUT2D eigenvalue weighted by Gasteiger charge is -2.13. The molecule has 7 heteroatoms. The van der Waals surface area contributed by atoms with Crippen LogP contribution in [0.4, 0.5) is 0 Å². The number of carbonyl (C=O) groups excluding carboxylic acids is 2. The number of carbonyl (C=O) groups is 2. The van der Waals surface area contributed by atoms with E-state index in [1.807, 2.05) is 43.3 Å². The number of nitrogens with zero attached hydrogens (tertiary/aromatic N) is 3. The molecule has 1 aromatic carbocycles. The van der Waals surface area contributed by atoms with Gasteiger partial charge in [0.2, 0.25) is 0 Å². The number of hydrogen-bond acceptors (Lipinski definition) is 6. The predicted molar refractivity (Wildman–Crippen MR) is 100 cm³/mol. The van der Waals surface area contributed by atoms with Crippen LogP contribution in [0.5, 0.6) is 0 Å². The molecule has 3 rings (SSSR count). The van der Waals surface area contributed by atoms with Gasteiger partial charge in [0.25, 0.3) is 0 Å². The fourth-order valence-corrected chi connectivity index (χ4v) is 3.63. The number of thioether (sulfide) groups is 1. The van der Waals surface area contributed by atoms with Crippen LogP contribution in [0.1, 0.15) is 19.5 Å². The van der Waals surface area contributed by atoms with E-state index in [9.17, 15) is 9.59 Å². The minimum absolute atomic E-state index is 0.230. The molecule has 0 aliphatic heterocycles. The van der Waals surface area contributed by atoms with Gasteiger partial charge >= 0.3 is 5.97 Å². The van der Waals surface area contributed by atoms with E-state index >= 15 is 0 Å². The first-order chi connectivity index (χ1) is 12.5. The Hall–Kier alpha value is -2.67. The summed E-state index contributed by atoms with van der Waals surface area (Å²) >= 11 is 1.13. The molecule has 0 saturated carbocycles. The molecule has 0 spiro atoms. The van der Waals surface area contributed by atoms with Gasteiger partial charge in [0.15, 0.2) is 16.7 Å². The van der Waals surface area contributed by atoms with Gasteiger partial charge in [0.1, 0.15) is 5.03 Å². The zero-order valence-corrected chi connectivity index (χ0v) is 15.6. The quantitative estimate of drug-likeness (QED) is 0.287. The van der Waals surface area contributed by atoms with Gasteiger partial charge in [0, 0.05) is 11.3 Å². The van der Waals surface area contributed by atoms with E-state index in [-0.39, 0.29) is 12.4 Å². The molecule has 0 unspecified atom stereocenters. The fourth-order valence-electron chi connectivity index (χ4n) is 2.59. The Morgan fingerprint density at radius 1 is 1.27 bits per heavy atom. The average molecular weight is 369 g/mol. The van der Waals surface area contributed by atoms with Crippen LogP contribution < -0.4 is 0 Å². The molecule has 26 heavy (non-hydrogen) atoms. The van der Waals surface area contributed by atoms with Gasteiger partial charge < -0.3 is 4.74 Å². The molecule has 0 amide bonds. The summed E-state index contributed by atoms with van der Waals surface area (Å²) in [4.78, 5) is 28.7. The van der Waals surface area contributed by atoms with Crippen molar-refractivity contribution < 1.29 is 14.3 Å². The highest BCUT2D eigenvalue weighted by Crippen LogP contribution is 2.30. The number of esters is 1. The summed E-state index contributed by atoms with van der Waals surface area (Å²) in [5.74, 6) is -0.797. The highest BCUT2D eigenvalue weighted by atomic mass is 32.2. The molecular formula is C19H19N3O3S. The normalized spacial score (nSPS) is 12.1. The van der Waals surface area contributed by atoms with Crippen molar-refractivity contribution in [2.75, 3.05) is 6.61 Å². The molecule has 0 bridgehead atoms. The van der Waals surface area contributed by atoms with Crippen LogP contribution in [0.3, 0.4) is 0 Å². The average Bonchev–Trinajstić information content (AvgIpc) is 3.03. The Morgan fingerprint density at radius 2 is 2.00 bits per heavy atom. The van der Waals surface area contributed by atoms with Crippen LogP contribution in [0.25, 0.3) is 16.8 Å². The fraction of sp³-hybridized carbons (Fsp3) is 0.263. The van der Waals surface area contributed by atoms with Gasteiger partial charge in [-0.3, -0.25) is 9.59 Å². The van der Waals surface area contributed by atoms with Crippen LogP contribution in [0.15, 0.2) is 47.6 Å². The van der Waals surface area contributed by atoms with Gasteiger partial charge in [-0.2, -0.15) is 5.10 Å². The largest absolute Gasteiger partial charge is 0.465 e. The maximum Gasteiger partial charge on any atom is 0.327 e. The molecule has 1 atom stereocenters. The number of Topliss-reactive ketones (excluding diaryl/α,β-unsaturated/α-hetero) is 1. The first kappa shape index (κ1) is 18.1. The molecule has 0 aliphatic carbocycles. The molecule has 134 valence electrons. The minimum Gasteiger partial charge on any atom is -0.465 e. The van der Waals surface area contributed by atoms with Gasteiger partial charge in [-0.05, 0) is 32.4 Å². The lowest BCUT2D eigenvalue weighted by atomic mass is 10.1. The van der Waals surface area contributed by atoms with Crippen LogP contribution >= 0.6 is 11.8 Å². The molecule has 3 aromatic rings. The molecule has 0 aliphatic rings. The Labute approximate surface area is 155 Å². The number of fused-ring (bicyclic) bond motifs is 1. The number of hydrogen-bond donors (Lipinski definition) is 0. The molecule has 0 saturated heterocycles. The monoisotopic (exact) mass is 369 g/mol. The van der Waals surface area contributed by atoms with Crippen molar-refractivity contribution in [3.8, 4) is 11.1 Å².